The smallest absolute Gasteiger partial charge is 0.129 e. The zero-order valence-electron chi connectivity index (χ0n) is 8.29. The molecule has 1 nitrogen and oxygen atoms in total. The van der Waals surface area contributed by atoms with Gasteiger partial charge in [-0.15, -0.1) is 0 Å². The molecule has 2 heteroatoms. The Kier molecular flexibility index (Phi) is 2.42. The summed E-state index contributed by atoms with van der Waals surface area (Å²) in [5.41, 5.74) is 1.08. The van der Waals surface area contributed by atoms with Crippen LogP contribution in [0, 0.1) is 0 Å². The predicted octanol–water partition coefficient (Wildman–Crippen LogP) is 4.01. The molecule has 1 aromatic heterocycles. The largest absolute Gasteiger partial charge is 0.240 e. The minimum absolute atomic E-state index is 0.401. The van der Waals surface area contributed by atoms with Gasteiger partial charge in [0.25, 0.3) is 0 Å². The molecule has 2 rings (SSSR count). The second-order valence-corrected chi connectivity index (χ2v) is 4.09. The Morgan fingerprint density at radius 2 is 1.93 bits per heavy atom. The van der Waals surface area contributed by atoms with Crippen LogP contribution in [-0.4, -0.2) is 4.98 Å². The summed E-state index contributed by atoms with van der Waals surface area (Å²) >= 11 is 5.96. The molecule has 2 aromatic rings. The minimum Gasteiger partial charge on any atom is -0.240 e. The van der Waals surface area contributed by atoms with Crippen molar-refractivity contribution in [2.45, 2.75) is 19.8 Å². The quantitative estimate of drug-likeness (QED) is 0.641. The van der Waals surface area contributed by atoms with Gasteiger partial charge in [-0.2, -0.15) is 0 Å². The lowest BCUT2D eigenvalue weighted by molar-refractivity contribution is 0.835. The Balaban J connectivity index is 2.80. The number of hydrogen-bond donors (Lipinski definition) is 0. The van der Waals surface area contributed by atoms with Crippen molar-refractivity contribution in [2.24, 2.45) is 0 Å². The third-order valence-corrected chi connectivity index (χ3v) is 2.48. The predicted molar refractivity (Wildman–Crippen MR) is 60.8 cm³/mol. The third-order valence-electron chi connectivity index (χ3n) is 2.29. The highest BCUT2D eigenvalue weighted by atomic mass is 35.5. The summed E-state index contributed by atoms with van der Waals surface area (Å²) in [6.07, 6.45) is 0. The number of fused-ring (bicyclic) bond motifs is 1. The molecule has 0 radical (unpaired) electrons. The van der Waals surface area contributed by atoms with Gasteiger partial charge in [-0.3, -0.25) is 0 Å². The van der Waals surface area contributed by atoms with Gasteiger partial charge in [-0.05, 0) is 17.4 Å². The fraction of sp³-hybridized carbons (Fsp3) is 0.250. The molecular weight excluding hydrogens is 194 g/mol. The summed E-state index contributed by atoms with van der Waals surface area (Å²) in [6, 6.07) is 10.1. The van der Waals surface area contributed by atoms with Crippen molar-refractivity contribution in [1.29, 1.82) is 0 Å². The van der Waals surface area contributed by atoms with Crippen molar-refractivity contribution in [2.75, 3.05) is 0 Å². The first-order valence-electron chi connectivity index (χ1n) is 4.73. The van der Waals surface area contributed by atoms with Crippen molar-refractivity contribution in [3.05, 3.63) is 41.2 Å². The molecule has 0 saturated heterocycles. The Morgan fingerprint density at radius 1 is 1.21 bits per heavy atom. The Morgan fingerprint density at radius 3 is 2.64 bits per heavy atom. The second-order valence-electron chi connectivity index (χ2n) is 3.71. The Labute approximate surface area is 88.7 Å². The molecule has 0 aliphatic rings. The highest BCUT2D eigenvalue weighted by Gasteiger charge is 2.07. The molecule has 0 fully saturated rings. The van der Waals surface area contributed by atoms with Crippen LogP contribution in [0.25, 0.3) is 10.8 Å². The maximum absolute atomic E-state index is 5.96. The van der Waals surface area contributed by atoms with Crippen LogP contribution < -0.4 is 0 Å². The minimum atomic E-state index is 0.401. The summed E-state index contributed by atoms with van der Waals surface area (Å²) in [5, 5.41) is 2.94. The van der Waals surface area contributed by atoms with E-state index in [1.807, 2.05) is 18.2 Å². The lowest BCUT2D eigenvalue weighted by atomic mass is 10.0. The monoisotopic (exact) mass is 205 g/mol. The van der Waals surface area contributed by atoms with Gasteiger partial charge in [0.15, 0.2) is 0 Å². The number of halogens is 1. The van der Waals surface area contributed by atoms with Crippen molar-refractivity contribution >= 4 is 22.4 Å². The summed E-state index contributed by atoms with van der Waals surface area (Å²) < 4.78 is 0. The maximum atomic E-state index is 5.96. The molecular formula is C12H12ClN. The number of aromatic nitrogens is 1. The van der Waals surface area contributed by atoms with Gasteiger partial charge in [0, 0.05) is 5.39 Å². The summed E-state index contributed by atoms with van der Waals surface area (Å²) in [4.78, 5) is 4.37. The first-order chi connectivity index (χ1) is 6.68. The van der Waals surface area contributed by atoms with Crippen LogP contribution in [0.1, 0.15) is 25.5 Å². The summed E-state index contributed by atoms with van der Waals surface area (Å²) in [5.74, 6) is 0.401. The molecule has 0 spiro atoms. The first-order valence-corrected chi connectivity index (χ1v) is 5.11. The van der Waals surface area contributed by atoms with Crippen molar-refractivity contribution in [3.63, 3.8) is 0 Å². The van der Waals surface area contributed by atoms with E-state index >= 15 is 0 Å². The lowest BCUT2D eigenvalue weighted by Crippen LogP contribution is -1.94. The maximum Gasteiger partial charge on any atom is 0.129 e. The number of rotatable bonds is 1. The second kappa shape index (κ2) is 3.58. The van der Waals surface area contributed by atoms with E-state index in [1.54, 1.807) is 0 Å². The van der Waals surface area contributed by atoms with Gasteiger partial charge in [0.05, 0.1) is 5.69 Å². The lowest BCUT2D eigenvalue weighted by Gasteiger charge is -2.09. The van der Waals surface area contributed by atoms with Gasteiger partial charge in [-0.1, -0.05) is 49.7 Å². The van der Waals surface area contributed by atoms with E-state index < -0.39 is 0 Å². The highest BCUT2D eigenvalue weighted by molar-refractivity contribution is 6.30. The van der Waals surface area contributed by atoms with E-state index in [-0.39, 0.29) is 0 Å². The molecule has 0 N–H and O–H groups in total. The van der Waals surface area contributed by atoms with Crippen LogP contribution in [0.3, 0.4) is 0 Å². The SMILES string of the molecule is CC(C)c1nc(Cl)cc2ccccc12. The van der Waals surface area contributed by atoms with E-state index in [0.717, 1.165) is 11.1 Å². The van der Waals surface area contributed by atoms with Gasteiger partial charge >= 0.3 is 0 Å². The third kappa shape index (κ3) is 1.60. The van der Waals surface area contributed by atoms with Crippen LogP contribution in [0.2, 0.25) is 5.15 Å². The summed E-state index contributed by atoms with van der Waals surface area (Å²) in [6.45, 7) is 4.26. The first kappa shape index (κ1) is 9.47. The fourth-order valence-electron chi connectivity index (χ4n) is 1.63. The number of pyridine rings is 1. The van der Waals surface area contributed by atoms with Crippen molar-refractivity contribution in [1.82, 2.24) is 4.98 Å². The highest BCUT2D eigenvalue weighted by Crippen LogP contribution is 2.25. The van der Waals surface area contributed by atoms with E-state index in [2.05, 4.69) is 31.0 Å². The topological polar surface area (TPSA) is 12.9 Å². The molecule has 0 bridgehead atoms. The zero-order chi connectivity index (χ0) is 10.1. The fourth-order valence-corrected chi connectivity index (χ4v) is 1.84. The van der Waals surface area contributed by atoms with Gasteiger partial charge in [0.1, 0.15) is 5.15 Å². The van der Waals surface area contributed by atoms with E-state index in [1.165, 1.54) is 5.39 Å². The van der Waals surface area contributed by atoms with Crippen LogP contribution in [0.15, 0.2) is 30.3 Å². The Hall–Kier alpha value is -1.08. The molecule has 0 aliphatic heterocycles. The van der Waals surface area contributed by atoms with Crippen molar-refractivity contribution < 1.29 is 0 Å². The molecule has 14 heavy (non-hydrogen) atoms. The van der Waals surface area contributed by atoms with Crippen LogP contribution in [0.4, 0.5) is 0 Å². The average Bonchev–Trinajstić information content (AvgIpc) is 2.16. The molecule has 72 valence electrons. The van der Waals surface area contributed by atoms with Crippen LogP contribution >= 0.6 is 11.6 Å². The molecule has 1 heterocycles. The molecule has 1 aromatic carbocycles. The summed E-state index contributed by atoms with van der Waals surface area (Å²) in [7, 11) is 0. The van der Waals surface area contributed by atoms with Gasteiger partial charge in [0.2, 0.25) is 0 Å². The van der Waals surface area contributed by atoms with E-state index in [9.17, 15) is 0 Å². The molecule has 0 aliphatic carbocycles. The Bertz CT molecular complexity index is 463. The molecule has 0 unspecified atom stereocenters. The van der Waals surface area contributed by atoms with Crippen molar-refractivity contribution in [3.8, 4) is 0 Å². The molecule has 0 saturated carbocycles. The number of nitrogens with zero attached hydrogens (tertiary/aromatic N) is 1. The molecule has 0 amide bonds. The van der Waals surface area contributed by atoms with E-state index in [4.69, 9.17) is 11.6 Å². The molecule has 0 atom stereocenters. The van der Waals surface area contributed by atoms with E-state index in [0.29, 0.717) is 11.1 Å². The normalized spacial score (nSPS) is 11.1. The van der Waals surface area contributed by atoms with Crippen LogP contribution in [-0.2, 0) is 0 Å². The average molecular weight is 206 g/mol. The van der Waals surface area contributed by atoms with Crippen LogP contribution in [0.5, 0.6) is 0 Å². The zero-order valence-corrected chi connectivity index (χ0v) is 9.05. The number of benzene rings is 1. The number of hydrogen-bond acceptors (Lipinski definition) is 1. The van der Waals surface area contributed by atoms with Gasteiger partial charge < -0.3 is 0 Å². The standard InChI is InChI=1S/C12H12ClN/c1-8(2)12-10-6-4-3-5-9(10)7-11(13)14-12/h3-8H,1-2H3. The van der Waals surface area contributed by atoms with Gasteiger partial charge in [-0.25, -0.2) is 4.98 Å².